The minimum Gasteiger partial charge on any atom is -0.382 e. The predicted molar refractivity (Wildman–Crippen MR) is 74.6 cm³/mol. The van der Waals surface area contributed by atoms with Gasteiger partial charge in [-0.2, -0.15) is 0 Å². The van der Waals surface area contributed by atoms with Crippen LogP contribution in [-0.2, 0) is 0 Å². The molecule has 98 valence electrons. The molecule has 6 heteroatoms. The van der Waals surface area contributed by atoms with Crippen LogP contribution in [0.4, 0.5) is 11.4 Å². The van der Waals surface area contributed by atoms with E-state index < -0.39 is 4.92 Å². The number of rotatable bonds is 4. The summed E-state index contributed by atoms with van der Waals surface area (Å²) in [6, 6.07) is 5.39. The average molecular weight is 314 g/mol. The van der Waals surface area contributed by atoms with Gasteiger partial charge in [-0.05, 0) is 53.4 Å². The standard InChI is InChI=1S/C12H16BrN3O2/c13-10-6-9(4-5-12(10)16(17)18)15-11-3-1-2-8(11)7-14/h4-6,8,11,15H,1-3,7,14H2. The van der Waals surface area contributed by atoms with E-state index in [4.69, 9.17) is 5.73 Å². The van der Waals surface area contributed by atoms with Gasteiger partial charge >= 0.3 is 0 Å². The van der Waals surface area contributed by atoms with Crippen LogP contribution in [0, 0.1) is 16.0 Å². The summed E-state index contributed by atoms with van der Waals surface area (Å²) in [4.78, 5) is 10.3. The number of anilines is 1. The minimum atomic E-state index is -0.397. The van der Waals surface area contributed by atoms with Gasteiger partial charge in [-0.25, -0.2) is 0 Å². The topological polar surface area (TPSA) is 81.2 Å². The van der Waals surface area contributed by atoms with E-state index in [2.05, 4.69) is 21.2 Å². The van der Waals surface area contributed by atoms with Crippen LogP contribution in [0.3, 0.4) is 0 Å². The first-order valence-electron chi connectivity index (χ1n) is 6.02. The lowest BCUT2D eigenvalue weighted by atomic mass is 10.0. The number of nitro groups is 1. The van der Waals surface area contributed by atoms with Crippen molar-refractivity contribution in [2.75, 3.05) is 11.9 Å². The van der Waals surface area contributed by atoms with Crippen LogP contribution in [0.25, 0.3) is 0 Å². The van der Waals surface area contributed by atoms with Gasteiger partial charge in [-0.3, -0.25) is 10.1 Å². The zero-order chi connectivity index (χ0) is 13.1. The summed E-state index contributed by atoms with van der Waals surface area (Å²) in [6.07, 6.45) is 3.45. The summed E-state index contributed by atoms with van der Waals surface area (Å²) in [5.41, 5.74) is 6.72. The van der Waals surface area contributed by atoms with Crippen LogP contribution in [0.15, 0.2) is 22.7 Å². The Balaban J connectivity index is 2.10. The van der Waals surface area contributed by atoms with Crippen molar-refractivity contribution in [3.63, 3.8) is 0 Å². The molecule has 1 aromatic carbocycles. The van der Waals surface area contributed by atoms with E-state index in [-0.39, 0.29) is 5.69 Å². The van der Waals surface area contributed by atoms with Crippen molar-refractivity contribution in [3.05, 3.63) is 32.8 Å². The van der Waals surface area contributed by atoms with Gasteiger partial charge in [0.15, 0.2) is 0 Å². The van der Waals surface area contributed by atoms with Gasteiger partial charge < -0.3 is 11.1 Å². The number of benzene rings is 1. The van der Waals surface area contributed by atoms with Crippen molar-refractivity contribution >= 4 is 27.3 Å². The SMILES string of the molecule is NCC1CCCC1Nc1ccc([N+](=O)[O-])c(Br)c1. The smallest absolute Gasteiger partial charge is 0.283 e. The van der Waals surface area contributed by atoms with Crippen LogP contribution >= 0.6 is 15.9 Å². The third kappa shape index (κ3) is 2.81. The van der Waals surface area contributed by atoms with Crippen molar-refractivity contribution in [1.82, 2.24) is 0 Å². The molecule has 0 spiro atoms. The van der Waals surface area contributed by atoms with Gasteiger partial charge in [0, 0.05) is 17.8 Å². The zero-order valence-corrected chi connectivity index (χ0v) is 11.5. The third-order valence-electron chi connectivity index (χ3n) is 3.46. The van der Waals surface area contributed by atoms with Crippen molar-refractivity contribution in [3.8, 4) is 0 Å². The molecule has 2 atom stereocenters. The Bertz CT molecular complexity index is 453. The number of nitrogens with zero attached hydrogens (tertiary/aromatic N) is 1. The lowest BCUT2D eigenvalue weighted by Gasteiger charge is -2.20. The number of nitro benzene ring substituents is 1. The zero-order valence-electron chi connectivity index (χ0n) is 9.93. The highest BCUT2D eigenvalue weighted by atomic mass is 79.9. The van der Waals surface area contributed by atoms with E-state index in [0.29, 0.717) is 23.0 Å². The molecule has 1 aliphatic rings. The molecule has 1 aromatic rings. The van der Waals surface area contributed by atoms with Gasteiger partial charge in [0.25, 0.3) is 5.69 Å². The quantitative estimate of drug-likeness (QED) is 0.661. The number of nitrogens with one attached hydrogen (secondary N) is 1. The first-order valence-corrected chi connectivity index (χ1v) is 6.81. The molecule has 0 amide bonds. The third-order valence-corrected chi connectivity index (χ3v) is 4.09. The fourth-order valence-corrected chi connectivity index (χ4v) is 2.99. The van der Waals surface area contributed by atoms with Gasteiger partial charge in [-0.15, -0.1) is 0 Å². The normalized spacial score (nSPS) is 23.0. The second-order valence-corrected chi connectivity index (χ2v) is 5.46. The molecule has 2 unspecified atom stereocenters. The Kier molecular flexibility index (Phi) is 4.19. The first kappa shape index (κ1) is 13.3. The molecule has 0 radical (unpaired) electrons. The lowest BCUT2D eigenvalue weighted by molar-refractivity contribution is -0.385. The van der Waals surface area contributed by atoms with Crippen molar-refractivity contribution in [2.45, 2.75) is 25.3 Å². The summed E-state index contributed by atoms with van der Waals surface area (Å²) in [6.45, 7) is 0.686. The van der Waals surface area contributed by atoms with Crippen LogP contribution in [0.5, 0.6) is 0 Å². The lowest BCUT2D eigenvalue weighted by Crippen LogP contribution is -2.29. The Hall–Kier alpha value is -1.14. The molecule has 0 aliphatic heterocycles. The number of halogens is 1. The van der Waals surface area contributed by atoms with Crippen LogP contribution < -0.4 is 11.1 Å². The van der Waals surface area contributed by atoms with E-state index in [1.807, 2.05) is 0 Å². The molecule has 3 N–H and O–H groups in total. The second-order valence-electron chi connectivity index (χ2n) is 4.60. The summed E-state index contributed by atoms with van der Waals surface area (Å²) in [5.74, 6) is 0.499. The Morgan fingerprint density at radius 2 is 2.28 bits per heavy atom. The predicted octanol–water partition coefficient (Wildman–Crippen LogP) is 2.90. The maximum absolute atomic E-state index is 10.7. The second kappa shape index (κ2) is 5.67. The maximum atomic E-state index is 10.7. The molecule has 0 aromatic heterocycles. The molecule has 2 rings (SSSR count). The summed E-state index contributed by atoms with van der Waals surface area (Å²) in [7, 11) is 0. The van der Waals surface area contributed by atoms with Crippen molar-refractivity contribution in [1.29, 1.82) is 0 Å². The molecule has 0 saturated heterocycles. The molecular formula is C12H16BrN3O2. The largest absolute Gasteiger partial charge is 0.382 e. The van der Waals surface area contributed by atoms with Gasteiger partial charge in [0.2, 0.25) is 0 Å². The Morgan fingerprint density at radius 3 is 2.89 bits per heavy atom. The highest BCUT2D eigenvalue weighted by Gasteiger charge is 2.26. The summed E-state index contributed by atoms with van der Waals surface area (Å²) < 4.78 is 0.500. The van der Waals surface area contributed by atoms with E-state index >= 15 is 0 Å². The van der Waals surface area contributed by atoms with Gasteiger partial charge in [0.1, 0.15) is 0 Å². The molecule has 0 bridgehead atoms. The molecule has 1 aliphatic carbocycles. The molecule has 5 nitrogen and oxygen atoms in total. The highest BCUT2D eigenvalue weighted by molar-refractivity contribution is 9.10. The summed E-state index contributed by atoms with van der Waals surface area (Å²) in [5, 5.41) is 14.1. The number of nitrogens with two attached hydrogens (primary N) is 1. The van der Waals surface area contributed by atoms with Crippen molar-refractivity contribution in [2.24, 2.45) is 11.7 Å². The van der Waals surface area contributed by atoms with E-state index in [9.17, 15) is 10.1 Å². The number of hydrogen-bond acceptors (Lipinski definition) is 4. The first-order chi connectivity index (χ1) is 8.61. The molecular weight excluding hydrogens is 298 g/mol. The molecule has 1 saturated carbocycles. The van der Waals surface area contributed by atoms with Gasteiger partial charge in [0.05, 0.1) is 9.40 Å². The number of hydrogen-bond donors (Lipinski definition) is 2. The molecule has 1 fully saturated rings. The van der Waals surface area contributed by atoms with Gasteiger partial charge in [-0.1, -0.05) is 6.42 Å². The molecule has 18 heavy (non-hydrogen) atoms. The summed E-state index contributed by atoms with van der Waals surface area (Å²) >= 11 is 3.22. The minimum absolute atomic E-state index is 0.0855. The van der Waals surface area contributed by atoms with Crippen molar-refractivity contribution < 1.29 is 4.92 Å². The highest BCUT2D eigenvalue weighted by Crippen LogP contribution is 2.31. The van der Waals surface area contributed by atoms with Crippen LogP contribution in [0.1, 0.15) is 19.3 Å². The van der Waals surface area contributed by atoms with Crippen LogP contribution in [0.2, 0.25) is 0 Å². The Morgan fingerprint density at radius 1 is 1.50 bits per heavy atom. The Labute approximate surface area is 114 Å². The van der Waals surface area contributed by atoms with E-state index in [1.165, 1.54) is 12.5 Å². The fraction of sp³-hybridized carbons (Fsp3) is 0.500. The van der Waals surface area contributed by atoms with E-state index in [1.54, 1.807) is 12.1 Å². The molecule has 0 heterocycles. The maximum Gasteiger partial charge on any atom is 0.283 e. The average Bonchev–Trinajstić information content (AvgIpc) is 2.76. The monoisotopic (exact) mass is 313 g/mol. The fourth-order valence-electron chi connectivity index (χ4n) is 2.47. The van der Waals surface area contributed by atoms with E-state index in [0.717, 1.165) is 18.5 Å². The van der Waals surface area contributed by atoms with Crippen LogP contribution in [-0.4, -0.2) is 17.5 Å².